The van der Waals surface area contributed by atoms with Crippen LogP contribution in [0.15, 0.2) is 47.0 Å². The van der Waals surface area contributed by atoms with Gasteiger partial charge in [0.05, 0.1) is 18.4 Å². The molecule has 0 aliphatic rings. The van der Waals surface area contributed by atoms with Crippen molar-refractivity contribution in [3.63, 3.8) is 0 Å². The number of pyridine rings is 1. The summed E-state index contributed by atoms with van der Waals surface area (Å²) < 4.78 is 16.4. The smallest absolute Gasteiger partial charge is 0.249 e. The van der Waals surface area contributed by atoms with Gasteiger partial charge in [0.25, 0.3) is 0 Å². The zero-order valence-corrected chi connectivity index (χ0v) is 16.9. The molecule has 150 valence electrons. The molecule has 0 radical (unpaired) electrons. The number of rotatable bonds is 7. The van der Waals surface area contributed by atoms with E-state index >= 15 is 0 Å². The third-order valence-electron chi connectivity index (χ3n) is 4.31. The quantitative estimate of drug-likeness (QED) is 0.605. The number of carbonyl (C=O) groups excluding carboxylic acids is 1. The normalized spacial score (nSPS) is 10.9. The summed E-state index contributed by atoms with van der Waals surface area (Å²) in [4.78, 5) is 16.4. The van der Waals surface area contributed by atoms with Crippen molar-refractivity contribution in [1.29, 1.82) is 0 Å². The number of ether oxygens (including phenoxy) is 2. The van der Waals surface area contributed by atoms with Crippen LogP contribution in [0.2, 0.25) is 0 Å². The number of aromatic nitrogens is 2. The highest BCUT2D eigenvalue weighted by Crippen LogP contribution is 2.30. The van der Waals surface area contributed by atoms with Gasteiger partial charge in [0.15, 0.2) is 11.5 Å². The van der Waals surface area contributed by atoms with Crippen LogP contribution in [0.1, 0.15) is 28.3 Å². The molecule has 0 fully saturated rings. The van der Waals surface area contributed by atoms with Crippen LogP contribution in [0, 0.1) is 20.8 Å². The van der Waals surface area contributed by atoms with Crippen LogP contribution >= 0.6 is 0 Å². The third kappa shape index (κ3) is 5.22. The van der Waals surface area contributed by atoms with E-state index in [0.717, 1.165) is 28.3 Å². The minimum absolute atomic E-state index is 0.263. The van der Waals surface area contributed by atoms with E-state index in [0.29, 0.717) is 23.9 Å². The molecule has 0 saturated carbocycles. The maximum absolute atomic E-state index is 12.1. The van der Waals surface area contributed by atoms with E-state index < -0.39 is 0 Å². The van der Waals surface area contributed by atoms with Gasteiger partial charge >= 0.3 is 0 Å². The Labute approximate surface area is 169 Å². The molecule has 0 spiro atoms. The van der Waals surface area contributed by atoms with Crippen LogP contribution < -0.4 is 14.8 Å². The summed E-state index contributed by atoms with van der Waals surface area (Å²) in [6, 6.07) is 10.9. The molecule has 0 atom stereocenters. The van der Waals surface area contributed by atoms with Gasteiger partial charge in [-0.15, -0.1) is 0 Å². The summed E-state index contributed by atoms with van der Waals surface area (Å²) in [7, 11) is 1.57. The third-order valence-corrected chi connectivity index (χ3v) is 4.31. The number of methoxy groups -OCH3 is 1. The van der Waals surface area contributed by atoms with E-state index in [1.807, 2.05) is 39.0 Å². The van der Waals surface area contributed by atoms with Crippen molar-refractivity contribution < 1.29 is 18.8 Å². The minimum Gasteiger partial charge on any atom is -0.493 e. The summed E-state index contributed by atoms with van der Waals surface area (Å²) >= 11 is 0. The predicted octanol–water partition coefficient (Wildman–Crippen LogP) is 4.23. The molecule has 1 N–H and O–H groups in total. The van der Waals surface area contributed by atoms with Gasteiger partial charge in [-0.3, -0.25) is 4.79 Å². The van der Waals surface area contributed by atoms with Crippen molar-refractivity contribution in [2.75, 3.05) is 12.4 Å². The Morgan fingerprint density at radius 1 is 1.17 bits per heavy atom. The molecule has 2 heterocycles. The van der Waals surface area contributed by atoms with Gasteiger partial charge in [0.2, 0.25) is 5.91 Å². The molecule has 29 heavy (non-hydrogen) atoms. The predicted molar refractivity (Wildman–Crippen MR) is 110 cm³/mol. The van der Waals surface area contributed by atoms with E-state index in [9.17, 15) is 4.79 Å². The van der Waals surface area contributed by atoms with Crippen LogP contribution in [-0.2, 0) is 11.4 Å². The second-order valence-corrected chi connectivity index (χ2v) is 6.49. The number of nitrogens with one attached hydrogen (secondary N) is 1. The first kappa shape index (κ1) is 20.1. The second kappa shape index (κ2) is 9.05. The number of amides is 1. The van der Waals surface area contributed by atoms with E-state index in [4.69, 9.17) is 14.0 Å². The van der Waals surface area contributed by atoms with Crippen LogP contribution in [0.5, 0.6) is 11.5 Å². The molecular weight excluding hydrogens is 370 g/mol. The number of anilines is 1. The molecule has 1 amide bonds. The molecule has 0 unspecified atom stereocenters. The molecule has 0 saturated heterocycles. The van der Waals surface area contributed by atoms with E-state index in [1.165, 1.54) is 6.08 Å². The Morgan fingerprint density at radius 2 is 2.00 bits per heavy atom. The van der Waals surface area contributed by atoms with Gasteiger partial charge < -0.3 is 19.3 Å². The largest absolute Gasteiger partial charge is 0.493 e. The summed E-state index contributed by atoms with van der Waals surface area (Å²) in [5.74, 6) is 2.15. The Hall–Kier alpha value is -3.61. The lowest BCUT2D eigenvalue weighted by Crippen LogP contribution is -2.09. The number of benzene rings is 1. The maximum atomic E-state index is 12.1. The molecule has 0 aliphatic carbocycles. The first-order valence-corrected chi connectivity index (χ1v) is 9.11. The van der Waals surface area contributed by atoms with Crippen LogP contribution in [0.3, 0.4) is 0 Å². The molecule has 7 heteroatoms. The summed E-state index contributed by atoms with van der Waals surface area (Å²) in [5, 5.41) is 6.65. The number of hydrogen-bond donors (Lipinski definition) is 1. The summed E-state index contributed by atoms with van der Waals surface area (Å²) in [6.45, 7) is 5.92. The molecule has 7 nitrogen and oxygen atoms in total. The van der Waals surface area contributed by atoms with Crippen molar-refractivity contribution in [3.05, 3.63) is 70.7 Å². The molecule has 0 bridgehead atoms. The topological polar surface area (TPSA) is 86.5 Å². The van der Waals surface area contributed by atoms with Crippen LogP contribution in [-0.4, -0.2) is 23.2 Å². The zero-order chi connectivity index (χ0) is 20.8. The van der Waals surface area contributed by atoms with Gasteiger partial charge in [-0.05, 0) is 56.7 Å². The summed E-state index contributed by atoms with van der Waals surface area (Å²) in [5.41, 5.74) is 3.36. The highest BCUT2D eigenvalue weighted by Gasteiger charge is 2.12. The van der Waals surface area contributed by atoms with Crippen molar-refractivity contribution in [1.82, 2.24) is 10.1 Å². The van der Waals surface area contributed by atoms with E-state index in [-0.39, 0.29) is 5.91 Å². The standard InChI is InChI=1S/C22H23N3O4/c1-14-6-5-7-21(23-14)24-22(26)11-9-17-8-10-19(20(12-17)27-4)28-13-18-15(2)25-29-16(18)3/h5-12H,13H2,1-4H3,(H,23,24,26)/b11-9+. The van der Waals surface area contributed by atoms with Crippen molar-refractivity contribution in [3.8, 4) is 11.5 Å². The SMILES string of the molecule is COc1cc(/C=C/C(=O)Nc2cccc(C)n2)ccc1OCc1c(C)noc1C. The summed E-state index contributed by atoms with van der Waals surface area (Å²) in [6.07, 6.45) is 3.15. The number of carbonyl (C=O) groups is 1. The fourth-order valence-corrected chi connectivity index (χ4v) is 2.72. The lowest BCUT2D eigenvalue weighted by Gasteiger charge is -2.11. The van der Waals surface area contributed by atoms with Crippen LogP contribution in [0.4, 0.5) is 5.82 Å². The van der Waals surface area contributed by atoms with Crippen molar-refractivity contribution in [2.24, 2.45) is 0 Å². The maximum Gasteiger partial charge on any atom is 0.249 e. The fourth-order valence-electron chi connectivity index (χ4n) is 2.72. The van der Waals surface area contributed by atoms with E-state index in [2.05, 4.69) is 15.5 Å². The highest BCUT2D eigenvalue weighted by molar-refractivity contribution is 6.01. The van der Waals surface area contributed by atoms with Gasteiger partial charge in [-0.2, -0.15) is 0 Å². The van der Waals surface area contributed by atoms with Gasteiger partial charge in [-0.25, -0.2) is 4.98 Å². The molecule has 3 aromatic rings. The van der Waals surface area contributed by atoms with Gasteiger partial charge in [0.1, 0.15) is 18.2 Å². The van der Waals surface area contributed by atoms with Gasteiger partial charge in [0, 0.05) is 11.8 Å². The number of aryl methyl sites for hydroxylation is 3. The molecule has 3 rings (SSSR count). The molecule has 1 aromatic carbocycles. The number of nitrogens with zero attached hydrogens (tertiary/aromatic N) is 2. The molecule has 0 aliphatic heterocycles. The zero-order valence-electron chi connectivity index (χ0n) is 16.9. The lowest BCUT2D eigenvalue weighted by atomic mass is 10.2. The number of hydrogen-bond acceptors (Lipinski definition) is 6. The minimum atomic E-state index is -0.263. The molecule has 2 aromatic heterocycles. The Balaban J connectivity index is 1.66. The van der Waals surface area contributed by atoms with Crippen molar-refractivity contribution >= 4 is 17.8 Å². The monoisotopic (exact) mass is 393 g/mol. The Kier molecular flexibility index (Phi) is 6.29. The van der Waals surface area contributed by atoms with Gasteiger partial charge in [-0.1, -0.05) is 17.3 Å². The average molecular weight is 393 g/mol. The Bertz CT molecular complexity index is 1020. The second-order valence-electron chi connectivity index (χ2n) is 6.49. The highest BCUT2D eigenvalue weighted by atomic mass is 16.5. The first-order chi connectivity index (χ1) is 14.0. The lowest BCUT2D eigenvalue weighted by molar-refractivity contribution is -0.111. The molecular formula is C22H23N3O4. The van der Waals surface area contributed by atoms with Crippen LogP contribution in [0.25, 0.3) is 6.08 Å². The average Bonchev–Trinajstić information content (AvgIpc) is 3.02. The fraction of sp³-hybridized carbons (Fsp3) is 0.227. The van der Waals surface area contributed by atoms with E-state index in [1.54, 1.807) is 31.4 Å². The van der Waals surface area contributed by atoms with Crippen molar-refractivity contribution in [2.45, 2.75) is 27.4 Å². The Morgan fingerprint density at radius 3 is 2.69 bits per heavy atom. The first-order valence-electron chi connectivity index (χ1n) is 9.11.